The van der Waals surface area contributed by atoms with Gasteiger partial charge in [0.25, 0.3) is 0 Å². The molecule has 0 aliphatic carbocycles. The van der Waals surface area contributed by atoms with Crippen LogP contribution in [-0.4, -0.2) is 9.78 Å². The Morgan fingerprint density at radius 1 is 1.47 bits per heavy atom. The van der Waals surface area contributed by atoms with E-state index in [2.05, 4.69) is 5.10 Å². The van der Waals surface area contributed by atoms with Crippen LogP contribution in [0.2, 0.25) is 4.34 Å². The van der Waals surface area contributed by atoms with E-state index < -0.39 is 0 Å². The molecule has 15 heavy (non-hydrogen) atoms. The first-order chi connectivity index (χ1) is 7.08. The van der Waals surface area contributed by atoms with Gasteiger partial charge in [-0.1, -0.05) is 11.6 Å². The zero-order valence-electron chi connectivity index (χ0n) is 8.62. The van der Waals surface area contributed by atoms with Crippen molar-refractivity contribution in [3.63, 3.8) is 0 Å². The number of nitrogen functional groups attached to an aromatic ring is 1. The number of rotatable bonds is 2. The molecule has 0 amide bonds. The summed E-state index contributed by atoms with van der Waals surface area (Å²) in [6, 6.07) is 3.91. The average molecular weight is 242 g/mol. The van der Waals surface area contributed by atoms with Gasteiger partial charge in [-0.15, -0.1) is 11.3 Å². The Kier molecular flexibility index (Phi) is 2.71. The Hall–Kier alpha value is -1.00. The van der Waals surface area contributed by atoms with Crippen LogP contribution in [0.3, 0.4) is 0 Å². The minimum absolute atomic E-state index is 0.737. The fourth-order valence-electron chi connectivity index (χ4n) is 1.45. The van der Waals surface area contributed by atoms with Crippen molar-refractivity contribution >= 4 is 28.6 Å². The van der Waals surface area contributed by atoms with Crippen LogP contribution < -0.4 is 5.73 Å². The standard InChI is InChI=1S/C10H12ClN3S/c1-6-10(12)7(2)14(13-6)5-8-3-4-9(11)15-8/h3-4H,5,12H2,1-2H3. The van der Waals surface area contributed by atoms with E-state index in [9.17, 15) is 0 Å². The van der Waals surface area contributed by atoms with E-state index in [0.29, 0.717) is 0 Å². The topological polar surface area (TPSA) is 43.8 Å². The largest absolute Gasteiger partial charge is 0.396 e. The molecule has 0 saturated heterocycles. The molecule has 0 saturated carbocycles. The Morgan fingerprint density at radius 2 is 2.20 bits per heavy atom. The minimum Gasteiger partial charge on any atom is -0.396 e. The van der Waals surface area contributed by atoms with Crippen molar-refractivity contribution in [3.05, 3.63) is 32.7 Å². The molecule has 2 rings (SSSR count). The maximum Gasteiger partial charge on any atom is 0.0931 e. The summed E-state index contributed by atoms with van der Waals surface area (Å²) in [7, 11) is 0. The summed E-state index contributed by atoms with van der Waals surface area (Å²) in [5.74, 6) is 0. The number of anilines is 1. The van der Waals surface area contributed by atoms with Crippen molar-refractivity contribution in [2.24, 2.45) is 0 Å². The van der Waals surface area contributed by atoms with Gasteiger partial charge in [0.05, 0.1) is 28.0 Å². The van der Waals surface area contributed by atoms with Crippen molar-refractivity contribution in [1.82, 2.24) is 9.78 Å². The van der Waals surface area contributed by atoms with Gasteiger partial charge in [0.1, 0.15) is 0 Å². The van der Waals surface area contributed by atoms with Gasteiger partial charge in [0, 0.05) is 4.88 Å². The van der Waals surface area contributed by atoms with E-state index in [1.807, 2.05) is 30.7 Å². The Morgan fingerprint density at radius 3 is 2.67 bits per heavy atom. The highest BCUT2D eigenvalue weighted by Gasteiger charge is 2.09. The highest BCUT2D eigenvalue weighted by molar-refractivity contribution is 7.16. The van der Waals surface area contributed by atoms with Crippen LogP contribution in [0.4, 0.5) is 5.69 Å². The number of hydrogen-bond acceptors (Lipinski definition) is 3. The normalized spacial score (nSPS) is 10.9. The molecule has 0 aromatic carbocycles. The molecule has 3 nitrogen and oxygen atoms in total. The van der Waals surface area contributed by atoms with Gasteiger partial charge < -0.3 is 5.73 Å². The smallest absolute Gasteiger partial charge is 0.0931 e. The summed E-state index contributed by atoms with van der Waals surface area (Å²) in [5, 5.41) is 4.37. The molecule has 0 bridgehead atoms. The van der Waals surface area contributed by atoms with E-state index >= 15 is 0 Å². The highest BCUT2D eigenvalue weighted by atomic mass is 35.5. The average Bonchev–Trinajstić information content (AvgIpc) is 2.68. The molecule has 0 radical (unpaired) electrons. The number of nitrogens with two attached hydrogens (primary N) is 1. The molecule has 5 heteroatoms. The molecule has 2 aromatic rings. The molecule has 0 aliphatic heterocycles. The lowest BCUT2D eigenvalue weighted by Crippen LogP contribution is -2.02. The fraction of sp³-hybridized carbons (Fsp3) is 0.300. The SMILES string of the molecule is Cc1nn(Cc2ccc(Cl)s2)c(C)c1N. The first-order valence-corrected chi connectivity index (χ1v) is 5.81. The van der Waals surface area contributed by atoms with Crippen LogP contribution >= 0.6 is 22.9 Å². The predicted octanol–water partition coefficient (Wildman–Crippen LogP) is 2.85. The third kappa shape index (κ3) is 2.01. The first-order valence-electron chi connectivity index (χ1n) is 4.61. The molecule has 2 N–H and O–H groups in total. The lowest BCUT2D eigenvalue weighted by atomic mass is 10.3. The summed E-state index contributed by atoms with van der Waals surface area (Å²) < 4.78 is 2.71. The van der Waals surface area contributed by atoms with Crippen LogP contribution in [0.5, 0.6) is 0 Å². The van der Waals surface area contributed by atoms with Gasteiger partial charge in [0.2, 0.25) is 0 Å². The van der Waals surface area contributed by atoms with Crippen LogP contribution in [0, 0.1) is 13.8 Å². The van der Waals surface area contributed by atoms with E-state index in [-0.39, 0.29) is 0 Å². The number of halogens is 1. The molecule has 2 aromatic heterocycles. The number of aryl methyl sites for hydroxylation is 1. The molecule has 0 fully saturated rings. The highest BCUT2D eigenvalue weighted by Crippen LogP contribution is 2.23. The second-order valence-electron chi connectivity index (χ2n) is 3.45. The van der Waals surface area contributed by atoms with Gasteiger partial charge in [0.15, 0.2) is 0 Å². The number of aromatic nitrogens is 2. The molecule has 0 spiro atoms. The molecule has 0 unspecified atom stereocenters. The van der Waals surface area contributed by atoms with E-state index in [1.54, 1.807) is 11.3 Å². The van der Waals surface area contributed by atoms with Crippen LogP contribution in [0.15, 0.2) is 12.1 Å². The number of nitrogens with zero attached hydrogens (tertiary/aromatic N) is 2. The lowest BCUT2D eigenvalue weighted by molar-refractivity contribution is 0.666. The molecule has 2 heterocycles. The fourth-order valence-corrected chi connectivity index (χ4v) is 2.52. The quantitative estimate of drug-likeness (QED) is 0.879. The number of thiophene rings is 1. The van der Waals surface area contributed by atoms with E-state index in [1.165, 1.54) is 4.88 Å². The maximum atomic E-state index is 5.87. The second-order valence-corrected chi connectivity index (χ2v) is 5.25. The Bertz CT molecular complexity index is 487. The Balaban J connectivity index is 2.28. The molecule has 0 atom stereocenters. The number of hydrogen-bond donors (Lipinski definition) is 1. The summed E-state index contributed by atoms with van der Waals surface area (Å²) >= 11 is 7.44. The van der Waals surface area contributed by atoms with Gasteiger partial charge >= 0.3 is 0 Å². The van der Waals surface area contributed by atoms with Gasteiger partial charge in [-0.2, -0.15) is 5.10 Å². The third-order valence-electron chi connectivity index (χ3n) is 2.37. The second kappa shape index (κ2) is 3.87. The zero-order valence-corrected chi connectivity index (χ0v) is 10.2. The molecule has 80 valence electrons. The Labute approximate surface area is 97.5 Å². The van der Waals surface area contributed by atoms with Gasteiger partial charge in [-0.05, 0) is 26.0 Å². The van der Waals surface area contributed by atoms with Crippen molar-refractivity contribution in [2.45, 2.75) is 20.4 Å². The maximum absolute atomic E-state index is 5.87. The predicted molar refractivity (Wildman–Crippen MR) is 64.5 cm³/mol. The summed E-state index contributed by atoms with van der Waals surface area (Å²) in [4.78, 5) is 1.19. The van der Waals surface area contributed by atoms with E-state index in [4.69, 9.17) is 17.3 Å². The van der Waals surface area contributed by atoms with Crippen molar-refractivity contribution in [1.29, 1.82) is 0 Å². The van der Waals surface area contributed by atoms with Gasteiger partial charge in [-0.25, -0.2) is 0 Å². The third-order valence-corrected chi connectivity index (χ3v) is 3.59. The lowest BCUT2D eigenvalue weighted by Gasteiger charge is -2.01. The summed E-state index contributed by atoms with van der Waals surface area (Å²) in [6.07, 6.45) is 0. The first kappa shape index (κ1) is 10.5. The summed E-state index contributed by atoms with van der Waals surface area (Å²) in [6.45, 7) is 4.63. The van der Waals surface area contributed by atoms with Crippen molar-refractivity contribution in [3.8, 4) is 0 Å². The summed E-state index contributed by atoms with van der Waals surface area (Å²) in [5.41, 5.74) is 8.53. The molecular weight excluding hydrogens is 230 g/mol. The monoisotopic (exact) mass is 241 g/mol. The van der Waals surface area contributed by atoms with Crippen LogP contribution in [0.1, 0.15) is 16.3 Å². The van der Waals surface area contributed by atoms with Crippen molar-refractivity contribution < 1.29 is 0 Å². The zero-order chi connectivity index (χ0) is 11.0. The van der Waals surface area contributed by atoms with Crippen LogP contribution in [0.25, 0.3) is 0 Å². The van der Waals surface area contributed by atoms with Crippen LogP contribution in [-0.2, 0) is 6.54 Å². The van der Waals surface area contributed by atoms with Crippen molar-refractivity contribution in [2.75, 3.05) is 5.73 Å². The molecular formula is C10H12ClN3S. The minimum atomic E-state index is 0.737. The van der Waals surface area contributed by atoms with Gasteiger partial charge in [-0.3, -0.25) is 4.68 Å². The van der Waals surface area contributed by atoms with E-state index in [0.717, 1.165) is 28.0 Å². The molecule has 0 aliphatic rings.